The van der Waals surface area contributed by atoms with Crippen LogP contribution >= 0.6 is 0 Å². The van der Waals surface area contributed by atoms with E-state index in [0.29, 0.717) is 28.6 Å². The van der Waals surface area contributed by atoms with Crippen molar-refractivity contribution in [1.82, 2.24) is 10.3 Å². The predicted molar refractivity (Wildman–Crippen MR) is 151 cm³/mol. The summed E-state index contributed by atoms with van der Waals surface area (Å²) in [4.78, 5) is 30.5. The Morgan fingerprint density at radius 1 is 0.923 bits per heavy atom. The van der Waals surface area contributed by atoms with Gasteiger partial charge in [-0.3, -0.25) is 4.98 Å². The second-order valence-corrected chi connectivity index (χ2v) is 10.4. The van der Waals surface area contributed by atoms with Gasteiger partial charge in [0.15, 0.2) is 0 Å². The first-order chi connectivity index (χ1) is 18.7. The lowest BCUT2D eigenvalue weighted by molar-refractivity contribution is 0.0455. The molecule has 0 unspecified atom stereocenters. The highest BCUT2D eigenvalue weighted by molar-refractivity contribution is 6.07. The van der Waals surface area contributed by atoms with E-state index in [2.05, 4.69) is 10.3 Å². The highest BCUT2D eigenvalue weighted by atomic mass is 16.6. The molecule has 39 heavy (non-hydrogen) atoms. The Hall–Kier alpha value is -4.39. The molecule has 1 N–H and O–H groups in total. The molecule has 1 amide bonds. The highest BCUT2D eigenvalue weighted by Gasteiger charge is 2.24. The summed E-state index contributed by atoms with van der Waals surface area (Å²) in [5.74, 6) is -0.137. The Bertz CT molecular complexity index is 1420. The molecule has 0 aliphatic heterocycles. The average molecular weight is 527 g/mol. The third-order valence-corrected chi connectivity index (χ3v) is 5.95. The number of carbonyl (C=O) groups excluding carboxylic acids is 2. The molecule has 0 saturated carbocycles. The monoisotopic (exact) mass is 526 g/mol. The molecule has 4 aromatic rings. The average Bonchev–Trinajstić information content (AvgIpc) is 2.90. The first kappa shape index (κ1) is 27.6. The van der Waals surface area contributed by atoms with Gasteiger partial charge in [-0.25, -0.2) is 9.59 Å². The Morgan fingerprint density at radius 3 is 2.26 bits per heavy atom. The number of esters is 1. The molecule has 0 spiro atoms. The number of hydrogen-bond donors (Lipinski definition) is 1. The molecule has 7 heteroatoms. The second kappa shape index (κ2) is 12.4. The van der Waals surface area contributed by atoms with Gasteiger partial charge in [0.05, 0.1) is 11.6 Å². The van der Waals surface area contributed by atoms with Crippen molar-refractivity contribution >= 4 is 23.0 Å². The largest absolute Gasteiger partial charge is 0.490 e. The normalized spacial score (nSPS) is 12.0. The Kier molecular flexibility index (Phi) is 8.81. The van der Waals surface area contributed by atoms with Crippen LogP contribution in [0, 0.1) is 6.92 Å². The zero-order valence-electron chi connectivity index (χ0n) is 22.8. The number of pyridine rings is 1. The van der Waals surface area contributed by atoms with Gasteiger partial charge in [-0.15, -0.1) is 0 Å². The number of nitrogens with one attached hydrogen (secondary N) is 1. The molecule has 1 heterocycles. The van der Waals surface area contributed by atoms with E-state index in [9.17, 15) is 9.59 Å². The summed E-state index contributed by atoms with van der Waals surface area (Å²) in [5.41, 5.74) is 3.14. The molecule has 202 valence electrons. The van der Waals surface area contributed by atoms with E-state index >= 15 is 0 Å². The molecule has 0 aliphatic rings. The fourth-order valence-corrected chi connectivity index (χ4v) is 4.23. The van der Waals surface area contributed by atoms with E-state index < -0.39 is 23.7 Å². The quantitative estimate of drug-likeness (QED) is 0.254. The minimum absolute atomic E-state index is 0.109. The van der Waals surface area contributed by atoms with Crippen molar-refractivity contribution in [3.63, 3.8) is 0 Å². The minimum Gasteiger partial charge on any atom is -0.490 e. The standard InChI is InChI=1S/C32H34N2O5/c1-22-18-27(37-21-25(19-23-12-7-5-8-13-23)34-31(36)39-32(2,3)4)28(26-16-11-17-33-29(22)26)30(35)38-20-24-14-9-6-10-15-24/h5-18,25H,19-21H2,1-4H3,(H,34,36)/t25-/m1/s1. The number of aryl methyl sites for hydroxylation is 1. The highest BCUT2D eigenvalue weighted by Crippen LogP contribution is 2.31. The third-order valence-electron chi connectivity index (χ3n) is 5.95. The topological polar surface area (TPSA) is 86.8 Å². The van der Waals surface area contributed by atoms with Crippen molar-refractivity contribution in [3.8, 4) is 5.75 Å². The summed E-state index contributed by atoms with van der Waals surface area (Å²) in [6.07, 6.45) is 1.67. The van der Waals surface area contributed by atoms with Gasteiger partial charge in [0.2, 0.25) is 0 Å². The molecule has 1 atom stereocenters. The van der Waals surface area contributed by atoms with Crippen LogP contribution in [0.15, 0.2) is 85.1 Å². The lowest BCUT2D eigenvalue weighted by Gasteiger charge is -2.24. The molecule has 0 fully saturated rings. The maximum atomic E-state index is 13.4. The molecule has 0 bridgehead atoms. The van der Waals surface area contributed by atoms with Crippen LogP contribution in [0.4, 0.5) is 4.79 Å². The fraction of sp³-hybridized carbons (Fsp3) is 0.281. The second-order valence-electron chi connectivity index (χ2n) is 10.4. The van der Waals surface area contributed by atoms with Crippen molar-refractivity contribution in [2.24, 2.45) is 0 Å². The van der Waals surface area contributed by atoms with Crippen LogP contribution in [0.1, 0.15) is 47.8 Å². The Labute approximate surface area is 229 Å². The lowest BCUT2D eigenvalue weighted by atomic mass is 10.0. The van der Waals surface area contributed by atoms with E-state index in [0.717, 1.165) is 16.7 Å². The summed E-state index contributed by atoms with van der Waals surface area (Å²) >= 11 is 0. The number of fused-ring (bicyclic) bond motifs is 1. The first-order valence-electron chi connectivity index (χ1n) is 13.0. The number of benzene rings is 3. The van der Waals surface area contributed by atoms with Crippen LogP contribution < -0.4 is 10.1 Å². The van der Waals surface area contributed by atoms with Crippen molar-refractivity contribution in [2.75, 3.05) is 6.61 Å². The number of amides is 1. The maximum Gasteiger partial charge on any atom is 0.408 e. The molecule has 0 saturated heterocycles. The number of ether oxygens (including phenoxy) is 3. The van der Waals surface area contributed by atoms with Crippen LogP contribution in [-0.4, -0.2) is 35.3 Å². The van der Waals surface area contributed by atoms with E-state index in [-0.39, 0.29) is 13.2 Å². The van der Waals surface area contributed by atoms with Crippen LogP contribution in [-0.2, 0) is 22.5 Å². The molecular formula is C32H34N2O5. The molecule has 4 rings (SSSR count). The van der Waals surface area contributed by atoms with Gasteiger partial charge in [0, 0.05) is 11.6 Å². The van der Waals surface area contributed by atoms with Gasteiger partial charge in [0.1, 0.15) is 30.1 Å². The molecule has 0 aliphatic carbocycles. The number of rotatable bonds is 9. The zero-order chi connectivity index (χ0) is 27.8. The van der Waals surface area contributed by atoms with Gasteiger partial charge in [-0.2, -0.15) is 0 Å². The summed E-state index contributed by atoms with van der Waals surface area (Å²) in [6, 6.07) is 24.3. The molecule has 3 aromatic carbocycles. The number of nitrogens with zero attached hydrogens (tertiary/aromatic N) is 1. The number of carbonyl (C=O) groups is 2. The summed E-state index contributed by atoms with van der Waals surface area (Å²) < 4.78 is 17.4. The van der Waals surface area contributed by atoms with Crippen LogP contribution in [0.5, 0.6) is 5.75 Å². The third kappa shape index (κ3) is 7.80. The summed E-state index contributed by atoms with van der Waals surface area (Å²) in [7, 11) is 0. The van der Waals surface area contributed by atoms with Gasteiger partial charge in [-0.1, -0.05) is 66.7 Å². The Balaban J connectivity index is 1.60. The lowest BCUT2D eigenvalue weighted by Crippen LogP contribution is -2.43. The van der Waals surface area contributed by atoms with Crippen molar-refractivity contribution in [3.05, 3.63) is 107 Å². The van der Waals surface area contributed by atoms with Crippen molar-refractivity contribution in [2.45, 2.75) is 52.4 Å². The fourth-order valence-electron chi connectivity index (χ4n) is 4.23. The van der Waals surface area contributed by atoms with Crippen LogP contribution in [0.2, 0.25) is 0 Å². The van der Waals surface area contributed by atoms with Crippen molar-refractivity contribution < 1.29 is 23.8 Å². The van der Waals surface area contributed by atoms with Gasteiger partial charge in [0.25, 0.3) is 0 Å². The van der Waals surface area contributed by atoms with E-state index in [1.165, 1.54) is 0 Å². The molecular weight excluding hydrogens is 492 g/mol. The van der Waals surface area contributed by atoms with Crippen molar-refractivity contribution in [1.29, 1.82) is 0 Å². The van der Waals surface area contributed by atoms with Gasteiger partial charge < -0.3 is 19.5 Å². The molecule has 1 aromatic heterocycles. The van der Waals surface area contributed by atoms with E-state index in [1.54, 1.807) is 18.3 Å². The number of alkyl carbamates (subject to hydrolysis) is 1. The maximum absolute atomic E-state index is 13.4. The van der Waals surface area contributed by atoms with Crippen LogP contribution in [0.25, 0.3) is 10.9 Å². The van der Waals surface area contributed by atoms with Crippen LogP contribution in [0.3, 0.4) is 0 Å². The summed E-state index contributed by atoms with van der Waals surface area (Å²) in [6.45, 7) is 7.60. The smallest absolute Gasteiger partial charge is 0.408 e. The number of hydrogen-bond acceptors (Lipinski definition) is 6. The molecule has 7 nitrogen and oxygen atoms in total. The predicted octanol–water partition coefficient (Wildman–Crippen LogP) is 6.42. The summed E-state index contributed by atoms with van der Waals surface area (Å²) in [5, 5.41) is 3.57. The zero-order valence-corrected chi connectivity index (χ0v) is 22.8. The van der Waals surface area contributed by atoms with E-state index in [1.807, 2.05) is 94.4 Å². The molecule has 0 radical (unpaired) electrons. The SMILES string of the molecule is Cc1cc(OC[C@@H](Cc2ccccc2)NC(=O)OC(C)(C)C)c(C(=O)OCc2ccccc2)c2cccnc12. The number of aromatic nitrogens is 1. The Morgan fingerprint density at radius 2 is 1.59 bits per heavy atom. The minimum atomic E-state index is -0.639. The van der Waals surface area contributed by atoms with Gasteiger partial charge in [-0.05, 0) is 62.9 Å². The van der Waals surface area contributed by atoms with Gasteiger partial charge >= 0.3 is 12.1 Å². The first-order valence-corrected chi connectivity index (χ1v) is 13.0. The van der Waals surface area contributed by atoms with E-state index in [4.69, 9.17) is 14.2 Å².